The monoisotopic (exact) mass is 406 g/mol. The molecule has 0 saturated carbocycles. The van der Waals surface area contributed by atoms with Gasteiger partial charge in [-0.25, -0.2) is 4.79 Å². The topological polar surface area (TPSA) is 86.6 Å². The third-order valence-electron chi connectivity index (χ3n) is 4.58. The molecule has 1 heterocycles. The maximum atomic E-state index is 12.5. The number of furan rings is 1. The molecule has 30 heavy (non-hydrogen) atoms. The molecule has 0 fully saturated rings. The van der Waals surface area contributed by atoms with Crippen LogP contribution in [0.4, 0.5) is 16.2 Å². The Balaban J connectivity index is 1.56. The number of amides is 3. The van der Waals surface area contributed by atoms with Gasteiger partial charge in [-0.05, 0) is 36.8 Å². The van der Waals surface area contributed by atoms with Gasteiger partial charge in [0.2, 0.25) is 5.91 Å². The molecule has 3 N–H and O–H groups in total. The number of nitrogens with zero attached hydrogens (tertiary/aromatic N) is 1. The highest BCUT2D eigenvalue weighted by molar-refractivity contribution is 5.96. The third-order valence-corrected chi connectivity index (χ3v) is 4.58. The van der Waals surface area contributed by atoms with Gasteiger partial charge in [-0.15, -0.1) is 0 Å². The molecule has 3 rings (SSSR count). The molecular weight excluding hydrogens is 380 g/mol. The lowest BCUT2D eigenvalue weighted by atomic mass is 10.2. The van der Waals surface area contributed by atoms with E-state index in [-0.39, 0.29) is 12.5 Å². The number of carbonyl (C=O) groups excluding carboxylic acids is 2. The molecule has 2 aromatic carbocycles. The highest BCUT2D eigenvalue weighted by Crippen LogP contribution is 2.25. The van der Waals surface area contributed by atoms with Crippen LogP contribution in [0.3, 0.4) is 0 Å². The molecular formula is C23H26N4O3. The zero-order chi connectivity index (χ0) is 21.3. The van der Waals surface area contributed by atoms with E-state index in [1.807, 2.05) is 49.5 Å². The minimum absolute atomic E-state index is 0.270. The molecule has 7 heteroatoms. The minimum atomic E-state index is -0.700. The number of hydrogen-bond acceptors (Lipinski definition) is 4. The van der Waals surface area contributed by atoms with Gasteiger partial charge >= 0.3 is 6.03 Å². The molecule has 0 radical (unpaired) electrons. The molecule has 1 atom stereocenters. The van der Waals surface area contributed by atoms with Crippen LogP contribution in [-0.4, -0.2) is 25.0 Å². The first-order valence-corrected chi connectivity index (χ1v) is 9.74. The van der Waals surface area contributed by atoms with Crippen LogP contribution in [0.5, 0.6) is 0 Å². The molecule has 0 aliphatic carbocycles. The summed E-state index contributed by atoms with van der Waals surface area (Å²) in [7, 11) is 1.97. The molecule has 0 spiro atoms. The van der Waals surface area contributed by atoms with E-state index in [2.05, 4.69) is 33.0 Å². The Labute approximate surface area is 176 Å². The van der Waals surface area contributed by atoms with Crippen molar-refractivity contribution in [1.29, 1.82) is 0 Å². The van der Waals surface area contributed by atoms with E-state index < -0.39 is 12.1 Å². The van der Waals surface area contributed by atoms with E-state index in [9.17, 15) is 9.59 Å². The number of carbonyl (C=O) groups is 2. The Kier molecular flexibility index (Phi) is 7.10. The van der Waals surface area contributed by atoms with Gasteiger partial charge in [-0.1, -0.05) is 42.5 Å². The summed E-state index contributed by atoms with van der Waals surface area (Å²) in [6.45, 7) is 2.60. The van der Waals surface area contributed by atoms with E-state index in [0.717, 1.165) is 5.69 Å². The van der Waals surface area contributed by atoms with Crippen molar-refractivity contribution in [2.45, 2.75) is 26.1 Å². The molecule has 0 aliphatic heterocycles. The first kappa shape index (κ1) is 21.0. The molecule has 156 valence electrons. The molecule has 0 saturated heterocycles. The van der Waals surface area contributed by atoms with Gasteiger partial charge < -0.3 is 25.3 Å². The first-order valence-electron chi connectivity index (χ1n) is 9.74. The summed E-state index contributed by atoms with van der Waals surface area (Å²) in [6.07, 6.45) is 1.54. The number of benzene rings is 2. The second kappa shape index (κ2) is 10.2. The van der Waals surface area contributed by atoms with Gasteiger partial charge in [-0.2, -0.15) is 0 Å². The second-order valence-corrected chi connectivity index (χ2v) is 6.98. The van der Waals surface area contributed by atoms with Crippen molar-refractivity contribution in [2.24, 2.45) is 0 Å². The van der Waals surface area contributed by atoms with Gasteiger partial charge in [0, 0.05) is 13.6 Å². The molecule has 3 amide bonds. The van der Waals surface area contributed by atoms with Crippen molar-refractivity contribution in [2.75, 3.05) is 17.3 Å². The fourth-order valence-corrected chi connectivity index (χ4v) is 3.02. The third kappa shape index (κ3) is 5.88. The molecule has 3 aromatic rings. The lowest BCUT2D eigenvalue weighted by molar-refractivity contribution is -0.122. The fraction of sp³-hybridized carbons (Fsp3) is 0.217. The zero-order valence-electron chi connectivity index (χ0n) is 17.1. The van der Waals surface area contributed by atoms with Crippen molar-refractivity contribution < 1.29 is 14.0 Å². The number of anilines is 2. The van der Waals surface area contributed by atoms with Crippen molar-refractivity contribution in [3.05, 3.63) is 84.3 Å². The van der Waals surface area contributed by atoms with Gasteiger partial charge in [0.05, 0.1) is 24.2 Å². The first-order chi connectivity index (χ1) is 14.5. The quantitative estimate of drug-likeness (QED) is 0.532. The lowest BCUT2D eigenvalue weighted by Gasteiger charge is -2.23. The number of nitrogens with one attached hydrogen (secondary N) is 3. The highest BCUT2D eigenvalue weighted by Gasteiger charge is 2.17. The van der Waals surface area contributed by atoms with Gasteiger partial charge in [0.15, 0.2) is 0 Å². The SMILES string of the molecule is CC(NC(=O)Nc1ccccc1N(C)Cc1ccccc1)C(=O)NCc1ccco1. The average Bonchev–Trinajstić information content (AvgIpc) is 3.26. The maximum Gasteiger partial charge on any atom is 0.319 e. The van der Waals surface area contributed by atoms with Gasteiger partial charge in [0.25, 0.3) is 0 Å². The van der Waals surface area contributed by atoms with Crippen LogP contribution >= 0.6 is 0 Å². The van der Waals surface area contributed by atoms with Crippen LogP contribution in [0, 0.1) is 0 Å². The number of urea groups is 1. The summed E-state index contributed by atoms with van der Waals surface area (Å²) >= 11 is 0. The number of para-hydroxylation sites is 2. The van der Waals surface area contributed by atoms with E-state index in [1.165, 1.54) is 5.56 Å². The summed E-state index contributed by atoms with van der Waals surface area (Å²) in [4.78, 5) is 26.7. The van der Waals surface area contributed by atoms with Crippen LogP contribution in [0.2, 0.25) is 0 Å². The molecule has 1 aromatic heterocycles. The summed E-state index contributed by atoms with van der Waals surface area (Å²) in [5, 5.41) is 8.23. The Morgan fingerprint density at radius 1 is 1.00 bits per heavy atom. The van der Waals surface area contributed by atoms with E-state index >= 15 is 0 Å². The predicted octanol–water partition coefficient (Wildman–Crippen LogP) is 3.74. The summed E-state index contributed by atoms with van der Waals surface area (Å²) in [6, 6.07) is 20.0. The smallest absolute Gasteiger partial charge is 0.319 e. The van der Waals surface area contributed by atoms with Crippen LogP contribution in [-0.2, 0) is 17.9 Å². The highest BCUT2D eigenvalue weighted by atomic mass is 16.3. The summed E-state index contributed by atoms with van der Waals surface area (Å²) < 4.78 is 5.18. The number of rotatable bonds is 8. The van der Waals surface area contributed by atoms with E-state index in [1.54, 1.807) is 25.3 Å². The molecule has 7 nitrogen and oxygen atoms in total. The predicted molar refractivity (Wildman–Crippen MR) is 117 cm³/mol. The van der Waals surface area contributed by atoms with Crippen molar-refractivity contribution >= 4 is 23.3 Å². The van der Waals surface area contributed by atoms with E-state index in [4.69, 9.17) is 4.42 Å². The van der Waals surface area contributed by atoms with Gasteiger partial charge in [-0.3, -0.25) is 4.79 Å². The Hall–Kier alpha value is -3.74. The normalized spacial score (nSPS) is 11.4. The van der Waals surface area contributed by atoms with Crippen molar-refractivity contribution in [3.8, 4) is 0 Å². The Morgan fingerprint density at radius 3 is 2.47 bits per heavy atom. The maximum absolute atomic E-state index is 12.5. The van der Waals surface area contributed by atoms with Crippen LogP contribution in [0.25, 0.3) is 0 Å². The molecule has 0 aliphatic rings. The van der Waals surface area contributed by atoms with E-state index in [0.29, 0.717) is 18.0 Å². The van der Waals surface area contributed by atoms with Crippen LogP contribution in [0.1, 0.15) is 18.2 Å². The lowest BCUT2D eigenvalue weighted by Crippen LogP contribution is -2.46. The minimum Gasteiger partial charge on any atom is -0.467 e. The largest absolute Gasteiger partial charge is 0.467 e. The van der Waals surface area contributed by atoms with Crippen LogP contribution in [0.15, 0.2) is 77.4 Å². The number of hydrogen-bond donors (Lipinski definition) is 3. The molecule has 0 bridgehead atoms. The fourth-order valence-electron chi connectivity index (χ4n) is 3.02. The standard InChI is InChI=1S/C23H26N4O3/c1-17(22(28)24-15-19-11-8-14-30-19)25-23(29)26-20-12-6-7-13-21(20)27(2)16-18-9-4-3-5-10-18/h3-14,17H,15-16H2,1-2H3,(H,24,28)(H2,25,26,29). The summed E-state index contributed by atoms with van der Waals surface area (Å²) in [5.74, 6) is 0.353. The van der Waals surface area contributed by atoms with Crippen molar-refractivity contribution in [3.63, 3.8) is 0 Å². The van der Waals surface area contributed by atoms with Crippen LogP contribution < -0.4 is 20.9 Å². The molecule has 1 unspecified atom stereocenters. The Bertz CT molecular complexity index is 958. The summed E-state index contributed by atoms with van der Waals surface area (Å²) in [5.41, 5.74) is 2.71. The Morgan fingerprint density at radius 2 is 1.73 bits per heavy atom. The zero-order valence-corrected chi connectivity index (χ0v) is 17.1. The second-order valence-electron chi connectivity index (χ2n) is 6.98. The van der Waals surface area contributed by atoms with Crippen molar-refractivity contribution in [1.82, 2.24) is 10.6 Å². The van der Waals surface area contributed by atoms with Gasteiger partial charge in [0.1, 0.15) is 11.8 Å². The average molecular weight is 406 g/mol.